The van der Waals surface area contributed by atoms with Crippen LogP contribution in [0.2, 0.25) is 0 Å². The average molecular weight is 341 g/mol. The second-order valence-corrected chi connectivity index (χ2v) is 6.13. The smallest absolute Gasteiger partial charge is 0.266 e. The molecule has 0 spiro atoms. The zero-order chi connectivity index (χ0) is 13.8. The summed E-state index contributed by atoms with van der Waals surface area (Å²) in [5, 5.41) is 3.32. The van der Waals surface area contributed by atoms with Crippen LogP contribution in [0.15, 0.2) is 34.9 Å². The van der Waals surface area contributed by atoms with Crippen molar-refractivity contribution in [1.82, 2.24) is 4.98 Å². The Hall–Kier alpha value is -1.40. The molecule has 1 N–H and O–H groups in total. The molecule has 100 valence electrons. The van der Waals surface area contributed by atoms with Gasteiger partial charge in [0.05, 0.1) is 0 Å². The van der Waals surface area contributed by atoms with Crippen molar-refractivity contribution >= 4 is 38.3 Å². The monoisotopic (exact) mass is 340 g/mol. The van der Waals surface area contributed by atoms with Crippen molar-refractivity contribution in [3.8, 4) is 5.75 Å². The van der Waals surface area contributed by atoms with Crippen LogP contribution in [0.4, 0.5) is 5.13 Å². The lowest BCUT2D eigenvalue weighted by Crippen LogP contribution is -2.30. The fourth-order valence-corrected chi connectivity index (χ4v) is 2.46. The molecule has 1 aromatic carbocycles. The highest BCUT2D eigenvalue weighted by Gasteiger charge is 2.16. The fraction of sp³-hybridized carbons (Fsp3) is 0.231. The maximum atomic E-state index is 11.9. The lowest BCUT2D eigenvalue weighted by atomic mass is 10.3. The van der Waals surface area contributed by atoms with Gasteiger partial charge in [0.1, 0.15) is 5.75 Å². The standard InChI is InChI=1S/C13H13BrN2O2S/c1-8-7-15-13(19-8)16-12(17)9(2)18-11-5-3-4-10(14)6-11/h3-7,9H,1-2H3,(H,15,16,17). The Morgan fingerprint density at radius 3 is 2.95 bits per heavy atom. The van der Waals surface area contributed by atoms with Crippen LogP contribution < -0.4 is 10.1 Å². The molecule has 2 aromatic rings. The molecule has 0 aliphatic heterocycles. The van der Waals surface area contributed by atoms with Gasteiger partial charge in [0.2, 0.25) is 0 Å². The average Bonchev–Trinajstić information content (AvgIpc) is 2.74. The van der Waals surface area contributed by atoms with E-state index in [0.29, 0.717) is 10.9 Å². The van der Waals surface area contributed by atoms with E-state index in [4.69, 9.17) is 4.74 Å². The first-order valence-corrected chi connectivity index (χ1v) is 7.31. The number of halogens is 1. The minimum Gasteiger partial charge on any atom is -0.481 e. The first-order chi connectivity index (χ1) is 9.04. The number of hydrogen-bond donors (Lipinski definition) is 1. The number of aryl methyl sites for hydroxylation is 1. The summed E-state index contributed by atoms with van der Waals surface area (Å²) in [6, 6.07) is 7.38. The van der Waals surface area contributed by atoms with Crippen molar-refractivity contribution in [2.75, 3.05) is 5.32 Å². The Morgan fingerprint density at radius 2 is 2.32 bits per heavy atom. The van der Waals surface area contributed by atoms with Gasteiger partial charge in [-0.25, -0.2) is 4.98 Å². The number of amides is 1. The zero-order valence-corrected chi connectivity index (χ0v) is 12.9. The second-order valence-electron chi connectivity index (χ2n) is 3.98. The molecule has 4 nitrogen and oxygen atoms in total. The lowest BCUT2D eigenvalue weighted by Gasteiger charge is -2.13. The molecule has 0 fully saturated rings. The van der Waals surface area contributed by atoms with Gasteiger partial charge in [-0.1, -0.05) is 22.0 Å². The van der Waals surface area contributed by atoms with Crippen LogP contribution in [0.25, 0.3) is 0 Å². The van der Waals surface area contributed by atoms with Crippen LogP contribution in [0.3, 0.4) is 0 Å². The molecule has 2 rings (SSSR count). The summed E-state index contributed by atoms with van der Waals surface area (Å²) in [4.78, 5) is 17.1. The SMILES string of the molecule is Cc1cnc(NC(=O)C(C)Oc2cccc(Br)c2)s1. The van der Waals surface area contributed by atoms with Crippen molar-refractivity contribution in [3.05, 3.63) is 39.8 Å². The number of rotatable bonds is 4. The number of carbonyl (C=O) groups excluding carboxylic acids is 1. The number of thiazole rings is 1. The van der Waals surface area contributed by atoms with E-state index >= 15 is 0 Å². The highest BCUT2D eigenvalue weighted by Crippen LogP contribution is 2.20. The van der Waals surface area contributed by atoms with E-state index in [1.54, 1.807) is 13.1 Å². The molecular formula is C13H13BrN2O2S. The first-order valence-electron chi connectivity index (χ1n) is 5.70. The van der Waals surface area contributed by atoms with Crippen molar-refractivity contribution < 1.29 is 9.53 Å². The van der Waals surface area contributed by atoms with Crippen LogP contribution in [-0.2, 0) is 4.79 Å². The molecule has 0 aliphatic rings. The van der Waals surface area contributed by atoms with E-state index in [-0.39, 0.29) is 5.91 Å². The minimum absolute atomic E-state index is 0.214. The Labute approximate surface area is 124 Å². The van der Waals surface area contributed by atoms with Crippen LogP contribution >= 0.6 is 27.3 Å². The van der Waals surface area contributed by atoms with Gasteiger partial charge in [-0.2, -0.15) is 0 Å². The van der Waals surface area contributed by atoms with Gasteiger partial charge >= 0.3 is 0 Å². The zero-order valence-electron chi connectivity index (χ0n) is 10.5. The van der Waals surface area contributed by atoms with Crippen molar-refractivity contribution in [1.29, 1.82) is 0 Å². The number of aromatic nitrogens is 1. The Balaban J connectivity index is 1.96. The second kappa shape index (κ2) is 6.16. The van der Waals surface area contributed by atoms with Crippen LogP contribution in [-0.4, -0.2) is 17.0 Å². The summed E-state index contributed by atoms with van der Waals surface area (Å²) in [5.74, 6) is 0.432. The quantitative estimate of drug-likeness (QED) is 0.924. The predicted octanol–water partition coefficient (Wildman–Crippen LogP) is 3.62. The van der Waals surface area contributed by atoms with E-state index in [2.05, 4.69) is 26.2 Å². The van der Waals surface area contributed by atoms with Gasteiger partial charge in [-0.15, -0.1) is 11.3 Å². The van der Waals surface area contributed by atoms with E-state index in [9.17, 15) is 4.79 Å². The largest absolute Gasteiger partial charge is 0.481 e. The fourth-order valence-electron chi connectivity index (χ4n) is 1.42. The van der Waals surface area contributed by atoms with Gasteiger partial charge in [-0.05, 0) is 32.0 Å². The summed E-state index contributed by atoms with van der Waals surface area (Å²) >= 11 is 4.79. The number of hydrogen-bond acceptors (Lipinski definition) is 4. The summed E-state index contributed by atoms with van der Waals surface area (Å²) in [7, 11) is 0. The van der Waals surface area contributed by atoms with Crippen LogP contribution in [0.1, 0.15) is 11.8 Å². The molecule has 0 saturated carbocycles. The van der Waals surface area contributed by atoms with E-state index in [1.165, 1.54) is 11.3 Å². The number of carbonyl (C=O) groups is 1. The molecule has 1 atom stereocenters. The topological polar surface area (TPSA) is 51.2 Å². The molecular weight excluding hydrogens is 328 g/mol. The molecule has 6 heteroatoms. The van der Waals surface area contributed by atoms with Gasteiger partial charge in [-0.3, -0.25) is 10.1 Å². The van der Waals surface area contributed by atoms with Gasteiger partial charge in [0, 0.05) is 15.5 Å². The Morgan fingerprint density at radius 1 is 1.53 bits per heavy atom. The van der Waals surface area contributed by atoms with Gasteiger partial charge < -0.3 is 4.74 Å². The third-order valence-electron chi connectivity index (χ3n) is 2.33. The third-order valence-corrected chi connectivity index (χ3v) is 3.65. The Kier molecular flexibility index (Phi) is 4.55. The molecule has 0 aliphatic carbocycles. The third kappa shape index (κ3) is 4.04. The number of nitrogens with one attached hydrogen (secondary N) is 1. The molecule has 0 saturated heterocycles. The number of nitrogens with zero attached hydrogens (tertiary/aromatic N) is 1. The van der Waals surface area contributed by atoms with E-state index in [1.807, 2.05) is 31.2 Å². The normalized spacial score (nSPS) is 11.9. The van der Waals surface area contributed by atoms with Crippen molar-refractivity contribution in [2.45, 2.75) is 20.0 Å². The highest BCUT2D eigenvalue weighted by atomic mass is 79.9. The Bertz CT molecular complexity index is 586. The maximum absolute atomic E-state index is 11.9. The summed E-state index contributed by atoms with van der Waals surface area (Å²) < 4.78 is 6.48. The molecule has 19 heavy (non-hydrogen) atoms. The number of anilines is 1. The summed E-state index contributed by atoms with van der Waals surface area (Å²) in [6.45, 7) is 3.64. The van der Waals surface area contributed by atoms with Gasteiger partial charge in [0.25, 0.3) is 5.91 Å². The first kappa shape index (κ1) is 14.0. The summed E-state index contributed by atoms with van der Waals surface area (Å²) in [5.41, 5.74) is 0. The molecule has 1 aromatic heterocycles. The molecule has 0 bridgehead atoms. The van der Waals surface area contributed by atoms with Crippen molar-refractivity contribution in [3.63, 3.8) is 0 Å². The maximum Gasteiger partial charge on any atom is 0.266 e. The molecule has 1 heterocycles. The van der Waals surface area contributed by atoms with Crippen LogP contribution in [0, 0.1) is 6.92 Å². The highest BCUT2D eigenvalue weighted by molar-refractivity contribution is 9.10. The lowest BCUT2D eigenvalue weighted by molar-refractivity contribution is -0.122. The minimum atomic E-state index is -0.585. The molecule has 1 amide bonds. The van der Waals surface area contributed by atoms with Crippen molar-refractivity contribution in [2.24, 2.45) is 0 Å². The predicted molar refractivity (Wildman–Crippen MR) is 79.7 cm³/mol. The van der Waals surface area contributed by atoms with Crippen LogP contribution in [0.5, 0.6) is 5.75 Å². The molecule has 0 radical (unpaired) electrons. The molecule has 1 unspecified atom stereocenters. The van der Waals surface area contributed by atoms with E-state index < -0.39 is 6.10 Å². The van der Waals surface area contributed by atoms with E-state index in [0.717, 1.165) is 9.35 Å². The number of ether oxygens (including phenoxy) is 1. The van der Waals surface area contributed by atoms with Gasteiger partial charge in [0.15, 0.2) is 11.2 Å². The number of benzene rings is 1. The summed E-state index contributed by atoms with van der Waals surface area (Å²) in [6.07, 6.45) is 1.14.